The summed E-state index contributed by atoms with van der Waals surface area (Å²) in [5.41, 5.74) is 1.62. The first-order chi connectivity index (χ1) is 14.4. The Hall–Kier alpha value is -2.07. The molecule has 0 radical (unpaired) electrons. The number of rotatable bonds is 10. The number of aliphatic hydroxyl groups excluding tert-OH is 1. The van der Waals surface area contributed by atoms with Crippen LogP contribution in [0.4, 0.5) is 4.39 Å². The molecule has 8 heteroatoms. The molecule has 0 heterocycles. The minimum absolute atomic E-state index is 0. The molecule has 0 bridgehead atoms. The molecular formula is C23H33FIN3O3. The van der Waals surface area contributed by atoms with Gasteiger partial charge in [0.05, 0.1) is 20.3 Å². The number of benzene rings is 2. The molecule has 0 aliphatic heterocycles. The van der Waals surface area contributed by atoms with Crippen molar-refractivity contribution in [3.8, 4) is 11.5 Å². The van der Waals surface area contributed by atoms with Crippen LogP contribution < -0.4 is 20.1 Å². The first kappa shape index (κ1) is 27.0. The second-order valence-electron chi connectivity index (χ2n) is 7.50. The standard InChI is InChI=1S/C23H32FN3O3.HI/c1-5-25-22(27-16-23(2,3)18-7-6-8-19(24)14-18)26-15-17-9-10-20(30-12-11-28)21(13-17)29-4;/h6-10,13-14,28H,5,11-12,15-16H2,1-4H3,(H2,25,26,27);1H. The smallest absolute Gasteiger partial charge is 0.191 e. The molecular weight excluding hydrogens is 512 g/mol. The molecule has 2 aromatic carbocycles. The zero-order valence-electron chi connectivity index (χ0n) is 18.6. The first-order valence-electron chi connectivity index (χ1n) is 10.1. The highest BCUT2D eigenvalue weighted by molar-refractivity contribution is 14.0. The van der Waals surface area contributed by atoms with E-state index in [2.05, 4.69) is 29.5 Å². The van der Waals surface area contributed by atoms with E-state index in [1.807, 2.05) is 31.2 Å². The molecule has 0 aromatic heterocycles. The number of hydrogen-bond acceptors (Lipinski definition) is 4. The lowest BCUT2D eigenvalue weighted by atomic mass is 9.84. The Kier molecular flexibility index (Phi) is 11.6. The fraction of sp³-hybridized carbons (Fsp3) is 0.435. The Morgan fingerprint density at radius 2 is 1.90 bits per heavy atom. The summed E-state index contributed by atoms with van der Waals surface area (Å²) in [6.45, 7) is 8.06. The summed E-state index contributed by atoms with van der Waals surface area (Å²) in [5, 5.41) is 15.5. The third-order valence-electron chi connectivity index (χ3n) is 4.64. The average molecular weight is 545 g/mol. The molecule has 0 spiro atoms. The normalized spacial score (nSPS) is 11.5. The lowest BCUT2D eigenvalue weighted by Crippen LogP contribution is -2.43. The average Bonchev–Trinajstić information content (AvgIpc) is 2.74. The van der Waals surface area contributed by atoms with Crippen molar-refractivity contribution >= 4 is 29.9 Å². The van der Waals surface area contributed by atoms with Crippen molar-refractivity contribution in [3.05, 3.63) is 59.4 Å². The van der Waals surface area contributed by atoms with Gasteiger partial charge in [0, 0.05) is 18.5 Å². The van der Waals surface area contributed by atoms with Crippen molar-refractivity contribution in [2.75, 3.05) is 33.4 Å². The number of methoxy groups -OCH3 is 1. The van der Waals surface area contributed by atoms with Crippen molar-refractivity contribution in [2.24, 2.45) is 4.99 Å². The van der Waals surface area contributed by atoms with Crippen molar-refractivity contribution in [2.45, 2.75) is 32.7 Å². The molecule has 0 saturated carbocycles. The Labute approximate surface area is 201 Å². The van der Waals surface area contributed by atoms with Gasteiger partial charge in [-0.3, -0.25) is 0 Å². The Morgan fingerprint density at radius 3 is 2.55 bits per heavy atom. The highest BCUT2D eigenvalue weighted by Crippen LogP contribution is 2.28. The molecule has 31 heavy (non-hydrogen) atoms. The van der Waals surface area contributed by atoms with E-state index < -0.39 is 0 Å². The summed E-state index contributed by atoms with van der Waals surface area (Å²) in [7, 11) is 1.58. The van der Waals surface area contributed by atoms with Gasteiger partial charge in [0.1, 0.15) is 12.4 Å². The third kappa shape index (κ3) is 8.53. The van der Waals surface area contributed by atoms with Gasteiger partial charge in [-0.05, 0) is 42.3 Å². The maximum Gasteiger partial charge on any atom is 0.191 e. The quantitative estimate of drug-likeness (QED) is 0.240. The molecule has 0 unspecified atom stereocenters. The summed E-state index contributed by atoms with van der Waals surface area (Å²) < 4.78 is 24.4. The van der Waals surface area contributed by atoms with E-state index in [1.165, 1.54) is 6.07 Å². The summed E-state index contributed by atoms with van der Waals surface area (Å²) in [4.78, 5) is 4.65. The molecule has 0 atom stereocenters. The Balaban J connectivity index is 0.00000480. The first-order valence-corrected chi connectivity index (χ1v) is 10.1. The molecule has 2 rings (SSSR count). The summed E-state index contributed by atoms with van der Waals surface area (Å²) in [6, 6.07) is 12.3. The Morgan fingerprint density at radius 1 is 1.13 bits per heavy atom. The van der Waals surface area contributed by atoms with Crippen LogP contribution in [0.5, 0.6) is 11.5 Å². The predicted octanol–water partition coefficient (Wildman–Crippen LogP) is 3.86. The molecule has 0 aliphatic rings. The molecule has 0 aliphatic carbocycles. The van der Waals surface area contributed by atoms with E-state index in [0.29, 0.717) is 30.5 Å². The van der Waals surface area contributed by atoms with Crippen LogP contribution in [0.3, 0.4) is 0 Å². The molecule has 0 saturated heterocycles. The van der Waals surface area contributed by atoms with Crippen molar-refractivity contribution in [3.63, 3.8) is 0 Å². The predicted molar refractivity (Wildman–Crippen MR) is 133 cm³/mol. The lowest BCUT2D eigenvalue weighted by molar-refractivity contribution is 0.196. The SMILES string of the molecule is CCNC(=NCc1ccc(OCCO)c(OC)c1)NCC(C)(C)c1cccc(F)c1.I. The van der Waals surface area contributed by atoms with E-state index in [-0.39, 0.29) is 48.4 Å². The highest BCUT2D eigenvalue weighted by Gasteiger charge is 2.21. The molecule has 0 fully saturated rings. The molecule has 0 amide bonds. The highest BCUT2D eigenvalue weighted by atomic mass is 127. The van der Waals surface area contributed by atoms with E-state index in [9.17, 15) is 4.39 Å². The van der Waals surface area contributed by atoms with Crippen LogP contribution in [-0.2, 0) is 12.0 Å². The number of aliphatic hydroxyl groups is 1. The van der Waals surface area contributed by atoms with Crippen molar-refractivity contribution < 1.29 is 19.0 Å². The van der Waals surface area contributed by atoms with Crippen LogP contribution in [0.15, 0.2) is 47.5 Å². The zero-order chi connectivity index (χ0) is 22.0. The number of hydrogen-bond donors (Lipinski definition) is 3. The molecule has 6 nitrogen and oxygen atoms in total. The summed E-state index contributed by atoms with van der Waals surface area (Å²) in [6.07, 6.45) is 0. The monoisotopic (exact) mass is 545 g/mol. The van der Waals surface area contributed by atoms with Crippen LogP contribution in [0.25, 0.3) is 0 Å². The summed E-state index contributed by atoms with van der Waals surface area (Å²) in [5.74, 6) is 1.63. The topological polar surface area (TPSA) is 75.1 Å². The molecule has 2 aromatic rings. The lowest BCUT2D eigenvalue weighted by Gasteiger charge is -2.27. The minimum atomic E-state index is -0.271. The minimum Gasteiger partial charge on any atom is -0.493 e. The van der Waals surface area contributed by atoms with Gasteiger partial charge in [0.2, 0.25) is 0 Å². The van der Waals surface area contributed by atoms with E-state index in [0.717, 1.165) is 17.7 Å². The number of aliphatic imine (C=N–C) groups is 1. The van der Waals surface area contributed by atoms with Crippen LogP contribution in [0.2, 0.25) is 0 Å². The largest absolute Gasteiger partial charge is 0.493 e. The van der Waals surface area contributed by atoms with E-state index in [1.54, 1.807) is 19.2 Å². The van der Waals surface area contributed by atoms with Crippen LogP contribution >= 0.6 is 24.0 Å². The van der Waals surface area contributed by atoms with Gasteiger partial charge in [-0.1, -0.05) is 32.0 Å². The second kappa shape index (κ2) is 13.4. The van der Waals surface area contributed by atoms with Crippen LogP contribution in [0.1, 0.15) is 31.9 Å². The van der Waals surface area contributed by atoms with Gasteiger partial charge in [-0.25, -0.2) is 9.38 Å². The zero-order valence-corrected chi connectivity index (χ0v) is 20.9. The van der Waals surface area contributed by atoms with Crippen LogP contribution in [0, 0.1) is 5.82 Å². The van der Waals surface area contributed by atoms with Gasteiger partial charge >= 0.3 is 0 Å². The third-order valence-corrected chi connectivity index (χ3v) is 4.64. The number of ether oxygens (including phenoxy) is 2. The maximum absolute atomic E-state index is 13.6. The number of nitrogens with zero attached hydrogens (tertiary/aromatic N) is 1. The van der Waals surface area contributed by atoms with E-state index >= 15 is 0 Å². The van der Waals surface area contributed by atoms with Gasteiger partial charge in [-0.15, -0.1) is 24.0 Å². The van der Waals surface area contributed by atoms with Gasteiger partial charge in [0.15, 0.2) is 17.5 Å². The van der Waals surface area contributed by atoms with E-state index in [4.69, 9.17) is 14.6 Å². The summed E-state index contributed by atoms with van der Waals surface area (Å²) >= 11 is 0. The fourth-order valence-corrected chi connectivity index (χ4v) is 2.91. The second-order valence-corrected chi connectivity index (χ2v) is 7.50. The number of guanidine groups is 1. The van der Waals surface area contributed by atoms with Gasteiger partial charge in [-0.2, -0.15) is 0 Å². The molecule has 3 N–H and O–H groups in total. The van der Waals surface area contributed by atoms with Crippen molar-refractivity contribution in [1.29, 1.82) is 0 Å². The van der Waals surface area contributed by atoms with Crippen molar-refractivity contribution in [1.82, 2.24) is 10.6 Å². The van der Waals surface area contributed by atoms with Gasteiger partial charge in [0.25, 0.3) is 0 Å². The van der Waals surface area contributed by atoms with Crippen LogP contribution in [-0.4, -0.2) is 44.5 Å². The fourth-order valence-electron chi connectivity index (χ4n) is 2.91. The Bertz CT molecular complexity index is 847. The molecule has 172 valence electrons. The number of nitrogens with one attached hydrogen (secondary N) is 2. The number of halogens is 2. The maximum atomic E-state index is 13.6. The van der Waals surface area contributed by atoms with Gasteiger partial charge < -0.3 is 25.2 Å².